The van der Waals surface area contributed by atoms with Crippen molar-refractivity contribution in [2.45, 2.75) is 13.3 Å². The summed E-state index contributed by atoms with van der Waals surface area (Å²) in [5, 5.41) is 5.88. The maximum absolute atomic E-state index is 12.6. The molecule has 0 atom stereocenters. The van der Waals surface area contributed by atoms with Crippen LogP contribution in [0.2, 0.25) is 0 Å². The van der Waals surface area contributed by atoms with E-state index >= 15 is 0 Å². The first-order valence-electron chi connectivity index (χ1n) is 10.5. The average molecular weight is 462 g/mol. The van der Waals surface area contributed by atoms with Gasteiger partial charge in [-0.2, -0.15) is 0 Å². The van der Waals surface area contributed by atoms with Gasteiger partial charge in [0.15, 0.2) is 10.7 Å². The van der Waals surface area contributed by atoms with Gasteiger partial charge in [-0.05, 0) is 79.3 Å². The number of methoxy groups -OCH3 is 1. The second kappa shape index (κ2) is 10.1. The van der Waals surface area contributed by atoms with E-state index in [2.05, 4.69) is 15.6 Å². The molecular formula is C25H23N3O4S. The zero-order chi connectivity index (χ0) is 23.2. The lowest BCUT2D eigenvalue weighted by molar-refractivity contribution is 0.0977. The number of oxazole rings is 1. The van der Waals surface area contributed by atoms with Crippen LogP contribution in [0.15, 0.2) is 71.1 Å². The van der Waals surface area contributed by atoms with E-state index in [1.165, 1.54) is 0 Å². The Kier molecular flexibility index (Phi) is 6.85. The molecule has 0 bridgehead atoms. The highest BCUT2D eigenvalue weighted by atomic mass is 32.1. The molecule has 4 aromatic rings. The lowest BCUT2D eigenvalue weighted by Crippen LogP contribution is -2.34. The molecule has 0 unspecified atom stereocenters. The fourth-order valence-electron chi connectivity index (χ4n) is 3.15. The van der Waals surface area contributed by atoms with E-state index < -0.39 is 0 Å². The summed E-state index contributed by atoms with van der Waals surface area (Å²) in [4.78, 5) is 17.1. The number of hydrogen-bond acceptors (Lipinski definition) is 6. The summed E-state index contributed by atoms with van der Waals surface area (Å²) in [5.74, 6) is 1.59. The summed E-state index contributed by atoms with van der Waals surface area (Å²) in [6, 6.07) is 19.9. The quantitative estimate of drug-likeness (QED) is 0.356. The third kappa shape index (κ3) is 5.48. The Labute approximate surface area is 196 Å². The van der Waals surface area contributed by atoms with Crippen molar-refractivity contribution < 1.29 is 18.7 Å². The van der Waals surface area contributed by atoms with Gasteiger partial charge >= 0.3 is 0 Å². The number of aromatic nitrogens is 1. The Morgan fingerprint density at radius 1 is 1.06 bits per heavy atom. The maximum Gasteiger partial charge on any atom is 0.257 e. The smallest absolute Gasteiger partial charge is 0.257 e. The molecule has 0 spiro atoms. The van der Waals surface area contributed by atoms with E-state index in [-0.39, 0.29) is 11.0 Å². The Hall–Kier alpha value is -3.91. The number of rotatable bonds is 7. The fourth-order valence-corrected chi connectivity index (χ4v) is 3.36. The van der Waals surface area contributed by atoms with E-state index in [0.717, 1.165) is 17.7 Å². The molecule has 0 radical (unpaired) electrons. The first-order chi connectivity index (χ1) is 16.1. The molecule has 0 aliphatic rings. The van der Waals surface area contributed by atoms with Gasteiger partial charge in [-0.3, -0.25) is 10.1 Å². The van der Waals surface area contributed by atoms with Crippen molar-refractivity contribution in [2.75, 3.05) is 19.0 Å². The Bertz CT molecular complexity index is 1280. The maximum atomic E-state index is 12.6. The third-order valence-electron chi connectivity index (χ3n) is 4.78. The number of thiocarbonyl (C=S) groups is 1. The molecule has 2 N–H and O–H groups in total. The molecule has 1 aromatic heterocycles. The zero-order valence-corrected chi connectivity index (χ0v) is 19.1. The summed E-state index contributed by atoms with van der Waals surface area (Å²) in [7, 11) is 1.62. The number of nitrogens with zero attached hydrogens (tertiary/aromatic N) is 1. The highest BCUT2D eigenvalue weighted by molar-refractivity contribution is 7.80. The van der Waals surface area contributed by atoms with E-state index in [1.54, 1.807) is 31.4 Å². The number of nitrogens with one attached hydrogen (secondary N) is 2. The number of benzene rings is 3. The molecule has 1 heterocycles. The number of anilines is 1. The number of amides is 1. The number of hydrogen-bond donors (Lipinski definition) is 2. The van der Waals surface area contributed by atoms with Gasteiger partial charge in [0.1, 0.15) is 17.0 Å². The predicted molar refractivity (Wildman–Crippen MR) is 132 cm³/mol. The standard InChI is InChI=1S/C25H23N3O4S/c1-3-13-31-20-6-4-5-17(14-20)23(29)28-25(33)26-18-9-12-22-21(15-18)27-24(32-22)16-7-10-19(30-2)11-8-16/h4-12,14-15H,3,13H2,1-2H3,(H2,26,28,29,33). The Balaban J connectivity index is 1.42. The molecule has 0 aliphatic carbocycles. The van der Waals surface area contributed by atoms with Crippen LogP contribution in [0, 0.1) is 0 Å². The first kappa shape index (κ1) is 22.3. The highest BCUT2D eigenvalue weighted by Crippen LogP contribution is 2.27. The van der Waals surface area contributed by atoms with Crippen LogP contribution in [0.3, 0.4) is 0 Å². The fraction of sp³-hybridized carbons (Fsp3) is 0.160. The second-order valence-electron chi connectivity index (χ2n) is 7.21. The zero-order valence-electron chi connectivity index (χ0n) is 18.3. The predicted octanol–water partition coefficient (Wildman–Crippen LogP) is 5.42. The molecular weight excluding hydrogens is 438 g/mol. The van der Waals surface area contributed by atoms with E-state index in [9.17, 15) is 4.79 Å². The summed E-state index contributed by atoms with van der Waals surface area (Å²) in [5.41, 5.74) is 3.30. The third-order valence-corrected chi connectivity index (χ3v) is 4.98. The molecule has 0 saturated carbocycles. The van der Waals surface area contributed by atoms with Gasteiger partial charge in [0.05, 0.1) is 13.7 Å². The van der Waals surface area contributed by atoms with Crippen molar-refractivity contribution in [2.24, 2.45) is 0 Å². The number of ether oxygens (including phenoxy) is 2. The summed E-state index contributed by atoms with van der Waals surface area (Å²) in [6.07, 6.45) is 0.891. The van der Waals surface area contributed by atoms with Crippen LogP contribution in [0.5, 0.6) is 11.5 Å². The van der Waals surface area contributed by atoms with Crippen molar-refractivity contribution >= 4 is 40.0 Å². The summed E-state index contributed by atoms with van der Waals surface area (Å²) < 4.78 is 16.6. The summed E-state index contributed by atoms with van der Waals surface area (Å²) >= 11 is 5.31. The minimum atomic E-state index is -0.321. The molecule has 4 rings (SSSR count). The van der Waals surface area contributed by atoms with Crippen LogP contribution in [0.1, 0.15) is 23.7 Å². The molecule has 3 aromatic carbocycles. The molecule has 33 heavy (non-hydrogen) atoms. The minimum absolute atomic E-state index is 0.179. The Morgan fingerprint density at radius 3 is 2.64 bits per heavy atom. The van der Waals surface area contributed by atoms with Gasteiger partial charge in [-0.25, -0.2) is 4.98 Å². The van der Waals surface area contributed by atoms with Crippen molar-refractivity contribution in [1.29, 1.82) is 0 Å². The van der Waals surface area contributed by atoms with Crippen molar-refractivity contribution in [3.8, 4) is 23.0 Å². The van der Waals surface area contributed by atoms with E-state index in [1.807, 2.05) is 49.4 Å². The van der Waals surface area contributed by atoms with E-state index in [0.29, 0.717) is 40.6 Å². The summed E-state index contributed by atoms with van der Waals surface area (Å²) in [6.45, 7) is 2.62. The van der Waals surface area contributed by atoms with Gasteiger partial charge in [-0.1, -0.05) is 13.0 Å². The molecule has 8 heteroatoms. The number of carbonyl (C=O) groups is 1. The lowest BCUT2D eigenvalue weighted by atomic mass is 10.2. The highest BCUT2D eigenvalue weighted by Gasteiger charge is 2.12. The SMILES string of the molecule is CCCOc1cccc(C(=O)NC(=S)Nc2ccc3oc(-c4ccc(OC)cc4)nc3c2)c1. The first-order valence-corrected chi connectivity index (χ1v) is 10.9. The minimum Gasteiger partial charge on any atom is -0.497 e. The monoisotopic (exact) mass is 461 g/mol. The average Bonchev–Trinajstić information content (AvgIpc) is 3.26. The number of carbonyl (C=O) groups excluding carboxylic acids is 1. The van der Waals surface area contributed by atoms with Crippen molar-refractivity contribution in [3.05, 3.63) is 72.3 Å². The van der Waals surface area contributed by atoms with Crippen LogP contribution < -0.4 is 20.1 Å². The molecule has 7 nitrogen and oxygen atoms in total. The molecule has 1 amide bonds. The molecule has 168 valence electrons. The molecule has 0 aliphatic heterocycles. The van der Waals surface area contributed by atoms with Crippen molar-refractivity contribution in [1.82, 2.24) is 10.3 Å². The number of fused-ring (bicyclic) bond motifs is 1. The topological polar surface area (TPSA) is 85.6 Å². The van der Waals surface area contributed by atoms with Gasteiger partial charge < -0.3 is 19.2 Å². The molecule has 0 saturated heterocycles. The van der Waals surface area contributed by atoms with Crippen molar-refractivity contribution in [3.63, 3.8) is 0 Å². The van der Waals surface area contributed by atoms with Gasteiger partial charge in [0, 0.05) is 16.8 Å². The van der Waals surface area contributed by atoms with Crippen LogP contribution in [0.25, 0.3) is 22.6 Å². The van der Waals surface area contributed by atoms with Crippen LogP contribution in [-0.4, -0.2) is 29.7 Å². The van der Waals surface area contributed by atoms with E-state index in [4.69, 9.17) is 26.1 Å². The Morgan fingerprint density at radius 2 is 1.88 bits per heavy atom. The molecule has 0 fully saturated rings. The van der Waals surface area contributed by atoms with Crippen LogP contribution in [0.4, 0.5) is 5.69 Å². The normalized spacial score (nSPS) is 10.6. The van der Waals surface area contributed by atoms with Gasteiger partial charge in [0.2, 0.25) is 5.89 Å². The second-order valence-corrected chi connectivity index (χ2v) is 7.62. The van der Waals surface area contributed by atoms with Crippen LogP contribution >= 0.6 is 12.2 Å². The largest absolute Gasteiger partial charge is 0.497 e. The van der Waals surface area contributed by atoms with Gasteiger partial charge in [0.25, 0.3) is 5.91 Å². The van der Waals surface area contributed by atoms with Crippen LogP contribution in [-0.2, 0) is 0 Å². The van der Waals surface area contributed by atoms with Gasteiger partial charge in [-0.15, -0.1) is 0 Å². The lowest BCUT2D eigenvalue weighted by Gasteiger charge is -2.10.